The zero-order valence-corrected chi connectivity index (χ0v) is 13.1. The molecule has 0 aliphatic carbocycles. The molecule has 0 saturated heterocycles. The normalized spacial score (nSPS) is 10.6. The van der Waals surface area contributed by atoms with Crippen molar-refractivity contribution in [2.45, 2.75) is 13.5 Å². The zero-order chi connectivity index (χ0) is 14.7. The van der Waals surface area contributed by atoms with Gasteiger partial charge in [-0.15, -0.1) is 0 Å². The van der Waals surface area contributed by atoms with Crippen molar-refractivity contribution in [3.05, 3.63) is 64.4 Å². The van der Waals surface area contributed by atoms with E-state index in [0.29, 0.717) is 18.3 Å². The highest BCUT2D eigenvalue weighted by Gasteiger charge is 2.08. The van der Waals surface area contributed by atoms with Gasteiger partial charge in [-0.3, -0.25) is 5.10 Å². The minimum absolute atomic E-state index is 0.362. The lowest BCUT2D eigenvalue weighted by molar-refractivity contribution is 0.296. The summed E-state index contributed by atoms with van der Waals surface area (Å²) >= 11 is 3.39. The lowest BCUT2D eigenvalue weighted by Gasteiger charge is -2.03. The van der Waals surface area contributed by atoms with Gasteiger partial charge in [-0.2, -0.15) is 5.10 Å². The Hall–Kier alpha value is -2.14. The Labute approximate surface area is 131 Å². The van der Waals surface area contributed by atoms with Crippen LogP contribution in [0.25, 0.3) is 11.4 Å². The highest BCUT2D eigenvalue weighted by molar-refractivity contribution is 9.10. The van der Waals surface area contributed by atoms with Crippen LogP contribution in [-0.2, 0) is 6.61 Å². The maximum absolute atomic E-state index is 5.67. The summed E-state index contributed by atoms with van der Waals surface area (Å²) in [5, 5.41) is 7.17. The third kappa shape index (κ3) is 3.31. The fourth-order valence-corrected chi connectivity index (χ4v) is 2.25. The predicted molar refractivity (Wildman–Crippen MR) is 85.0 cm³/mol. The van der Waals surface area contributed by atoms with Crippen LogP contribution in [0.5, 0.6) is 5.75 Å². The molecule has 1 N–H and O–H groups in total. The second-order valence-electron chi connectivity index (χ2n) is 4.66. The number of hydrogen-bond acceptors (Lipinski definition) is 3. The van der Waals surface area contributed by atoms with Crippen molar-refractivity contribution in [1.29, 1.82) is 0 Å². The molecule has 4 nitrogen and oxygen atoms in total. The van der Waals surface area contributed by atoms with Gasteiger partial charge in [-0.05, 0) is 36.8 Å². The van der Waals surface area contributed by atoms with Crippen LogP contribution >= 0.6 is 15.9 Å². The molecule has 0 spiro atoms. The molecule has 0 saturated carbocycles. The van der Waals surface area contributed by atoms with Gasteiger partial charge < -0.3 is 4.74 Å². The van der Waals surface area contributed by atoms with E-state index < -0.39 is 0 Å². The second-order valence-corrected chi connectivity index (χ2v) is 5.58. The van der Waals surface area contributed by atoms with Crippen LogP contribution in [0.2, 0.25) is 0 Å². The van der Waals surface area contributed by atoms with Crippen LogP contribution in [0.1, 0.15) is 11.4 Å². The van der Waals surface area contributed by atoms with E-state index >= 15 is 0 Å². The summed E-state index contributed by atoms with van der Waals surface area (Å²) < 4.78 is 6.70. The number of benzene rings is 2. The number of aromatic amines is 1. The molecule has 21 heavy (non-hydrogen) atoms. The lowest BCUT2D eigenvalue weighted by atomic mass is 10.1. The summed E-state index contributed by atoms with van der Waals surface area (Å²) in [5.41, 5.74) is 2.18. The summed E-state index contributed by atoms with van der Waals surface area (Å²) in [4.78, 5) is 4.47. The first-order valence-electron chi connectivity index (χ1n) is 6.58. The van der Waals surface area contributed by atoms with Crippen LogP contribution in [-0.4, -0.2) is 15.2 Å². The SMILES string of the molecule is Cc1ccccc1-c1n[nH]c(COc2ccc(Br)cc2)n1. The maximum atomic E-state index is 5.67. The summed E-state index contributed by atoms with van der Waals surface area (Å²) in [5.74, 6) is 2.20. The topological polar surface area (TPSA) is 50.8 Å². The molecule has 0 radical (unpaired) electrons. The van der Waals surface area contributed by atoms with E-state index in [9.17, 15) is 0 Å². The van der Waals surface area contributed by atoms with E-state index in [4.69, 9.17) is 4.74 Å². The Balaban J connectivity index is 1.71. The van der Waals surface area contributed by atoms with Crippen molar-refractivity contribution in [1.82, 2.24) is 15.2 Å². The van der Waals surface area contributed by atoms with Crippen molar-refractivity contribution >= 4 is 15.9 Å². The molecule has 0 amide bonds. The molecule has 0 aliphatic rings. The molecule has 3 aromatic rings. The van der Waals surface area contributed by atoms with Gasteiger partial charge in [0, 0.05) is 10.0 Å². The molecule has 0 aliphatic heterocycles. The van der Waals surface area contributed by atoms with E-state index in [2.05, 4.69) is 31.1 Å². The van der Waals surface area contributed by atoms with Gasteiger partial charge in [0.2, 0.25) is 0 Å². The Morgan fingerprint density at radius 3 is 2.62 bits per heavy atom. The van der Waals surface area contributed by atoms with Crippen molar-refractivity contribution in [3.63, 3.8) is 0 Å². The largest absolute Gasteiger partial charge is 0.486 e. The molecule has 0 atom stereocenters. The molecule has 5 heteroatoms. The van der Waals surface area contributed by atoms with Gasteiger partial charge in [0.1, 0.15) is 12.4 Å². The minimum atomic E-state index is 0.362. The number of halogens is 1. The van der Waals surface area contributed by atoms with Gasteiger partial charge in [-0.25, -0.2) is 4.98 Å². The van der Waals surface area contributed by atoms with Crippen LogP contribution < -0.4 is 4.74 Å². The van der Waals surface area contributed by atoms with Crippen LogP contribution in [0, 0.1) is 6.92 Å². The Morgan fingerprint density at radius 2 is 1.86 bits per heavy atom. The van der Waals surface area contributed by atoms with Gasteiger partial charge in [0.15, 0.2) is 11.6 Å². The zero-order valence-electron chi connectivity index (χ0n) is 11.5. The molecule has 1 heterocycles. The molecule has 2 aromatic carbocycles. The molecule has 3 rings (SSSR count). The first-order valence-corrected chi connectivity index (χ1v) is 7.37. The van der Waals surface area contributed by atoms with Gasteiger partial charge in [-0.1, -0.05) is 40.2 Å². The fraction of sp³-hybridized carbons (Fsp3) is 0.125. The molecule has 1 aromatic heterocycles. The van der Waals surface area contributed by atoms with Crippen molar-refractivity contribution in [2.24, 2.45) is 0 Å². The van der Waals surface area contributed by atoms with E-state index in [1.54, 1.807) is 0 Å². The fourth-order valence-electron chi connectivity index (χ4n) is 1.99. The highest BCUT2D eigenvalue weighted by atomic mass is 79.9. The average molecular weight is 344 g/mol. The van der Waals surface area contributed by atoms with Crippen molar-refractivity contribution < 1.29 is 4.74 Å². The van der Waals surface area contributed by atoms with Crippen molar-refractivity contribution in [3.8, 4) is 17.1 Å². The highest BCUT2D eigenvalue weighted by Crippen LogP contribution is 2.20. The van der Waals surface area contributed by atoms with E-state index in [1.807, 2.05) is 55.5 Å². The molecule has 0 bridgehead atoms. The van der Waals surface area contributed by atoms with Crippen molar-refractivity contribution in [2.75, 3.05) is 0 Å². The van der Waals surface area contributed by atoms with E-state index in [1.165, 1.54) is 0 Å². The minimum Gasteiger partial charge on any atom is -0.486 e. The number of ether oxygens (including phenoxy) is 1. The monoisotopic (exact) mass is 343 g/mol. The lowest BCUT2D eigenvalue weighted by Crippen LogP contribution is -1.97. The third-order valence-corrected chi connectivity index (χ3v) is 3.64. The van der Waals surface area contributed by atoms with Gasteiger partial charge >= 0.3 is 0 Å². The number of hydrogen-bond donors (Lipinski definition) is 1. The number of rotatable bonds is 4. The molecular weight excluding hydrogens is 330 g/mol. The Morgan fingerprint density at radius 1 is 1.10 bits per heavy atom. The number of nitrogens with one attached hydrogen (secondary N) is 1. The smallest absolute Gasteiger partial charge is 0.181 e. The van der Waals surface area contributed by atoms with E-state index in [0.717, 1.165) is 21.3 Å². The predicted octanol–water partition coefficient (Wildman–Crippen LogP) is 4.12. The third-order valence-electron chi connectivity index (χ3n) is 3.11. The van der Waals surface area contributed by atoms with Gasteiger partial charge in [0.05, 0.1) is 0 Å². The quantitative estimate of drug-likeness (QED) is 0.775. The summed E-state index contributed by atoms with van der Waals surface area (Å²) in [6.07, 6.45) is 0. The first kappa shape index (κ1) is 13.8. The number of nitrogens with zero attached hydrogens (tertiary/aromatic N) is 2. The first-order chi connectivity index (χ1) is 10.2. The molecule has 106 valence electrons. The summed E-state index contributed by atoms with van der Waals surface area (Å²) in [7, 11) is 0. The second kappa shape index (κ2) is 6.10. The number of aryl methyl sites for hydroxylation is 1. The van der Waals surface area contributed by atoms with E-state index in [-0.39, 0.29) is 0 Å². The van der Waals surface area contributed by atoms with Gasteiger partial charge in [0.25, 0.3) is 0 Å². The Kier molecular flexibility index (Phi) is 4.01. The summed E-state index contributed by atoms with van der Waals surface area (Å²) in [6, 6.07) is 15.7. The number of aromatic nitrogens is 3. The van der Waals surface area contributed by atoms with Crippen LogP contribution in [0.3, 0.4) is 0 Å². The number of H-pyrrole nitrogens is 1. The standard InChI is InChI=1S/C16H14BrN3O/c1-11-4-2-3-5-14(11)16-18-15(19-20-16)10-21-13-8-6-12(17)7-9-13/h2-9H,10H2,1H3,(H,18,19,20). The molecular formula is C16H14BrN3O. The van der Waals surface area contributed by atoms with Crippen LogP contribution in [0.15, 0.2) is 53.0 Å². The maximum Gasteiger partial charge on any atom is 0.181 e. The summed E-state index contributed by atoms with van der Waals surface area (Å²) in [6.45, 7) is 2.41. The van der Waals surface area contributed by atoms with Crippen LogP contribution in [0.4, 0.5) is 0 Å². The average Bonchev–Trinajstić information content (AvgIpc) is 2.96. The molecule has 0 unspecified atom stereocenters. The Bertz CT molecular complexity index is 737. The molecule has 0 fully saturated rings.